The van der Waals surface area contributed by atoms with Crippen molar-refractivity contribution in [3.05, 3.63) is 30.1 Å². The zero-order valence-electron chi connectivity index (χ0n) is 11.0. The van der Waals surface area contributed by atoms with Gasteiger partial charge in [0, 0.05) is 13.7 Å². The van der Waals surface area contributed by atoms with Crippen molar-refractivity contribution in [2.45, 2.75) is 32.9 Å². The van der Waals surface area contributed by atoms with Crippen LogP contribution in [0, 0.1) is 0 Å². The number of ketones is 1. The van der Waals surface area contributed by atoms with Gasteiger partial charge in [-0.05, 0) is 26.0 Å². The first kappa shape index (κ1) is 12.8. The van der Waals surface area contributed by atoms with Gasteiger partial charge < -0.3 is 9.30 Å². The van der Waals surface area contributed by atoms with Crippen LogP contribution < -0.4 is 0 Å². The Labute approximate surface area is 107 Å². The fraction of sp³-hybridized carbons (Fsp3) is 0.429. The van der Waals surface area contributed by atoms with Gasteiger partial charge in [-0.3, -0.25) is 4.79 Å². The van der Waals surface area contributed by atoms with Crippen LogP contribution in [0.5, 0.6) is 0 Å². The Morgan fingerprint density at radius 2 is 2.17 bits per heavy atom. The number of carbonyl (C=O) groups excluding carboxylic acids is 1. The van der Waals surface area contributed by atoms with E-state index in [0.717, 1.165) is 23.4 Å². The van der Waals surface area contributed by atoms with Gasteiger partial charge in [-0.1, -0.05) is 12.1 Å². The van der Waals surface area contributed by atoms with E-state index in [9.17, 15) is 4.79 Å². The summed E-state index contributed by atoms with van der Waals surface area (Å²) in [6.45, 7) is 4.63. The molecule has 0 saturated heterocycles. The van der Waals surface area contributed by atoms with E-state index in [4.69, 9.17) is 4.74 Å². The van der Waals surface area contributed by atoms with Gasteiger partial charge in [0.2, 0.25) is 0 Å². The third-order valence-electron chi connectivity index (χ3n) is 3.19. The normalized spacial score (nSPS) is 12.8. The molecule has 1 unspecified atom stereocenters. The molecule has 0 bridgehead atoms. The molecule has 0 aliphatic heterocycles. The number of aromatic nitrogens is 2. The van der Waals surface area contributed by atoms with E-state index in [2.05, 4.69) is 16.5 Å². The minimum absolute atomic E-state index is 0.0579. The highest BCUT2D eigenvalue weighted by Gasteiger charge is 2.17. The molecule has 0 fully saturated rings. The summed E-state index contributed by atoms with van der Waals surface area (Å²) in [5, 5.41) is 0. The summed E-state index contributed by atoms with van der Waals surface area (Å²) in [6, 6.07) is 7.94. The summed E-state index contributed by atoms with van der Waals surface area (Å²) in [5.74, 6) is 0.870. The highest BCUT2D eigenvalue weighted by molar-refractivity contribution is 5.85. The van der Waals surface area contributed by atoms with Gasteiger partial charge in [-0.15, -0.1) is 0 Å². The number of benzene rings is 1. The molecule has 0 amide bonds. The maximum atomic E-state index is 11.9. The number of carbonyl (C=O) groups is 1. The van der Waals surface area contributed by atoms with Crippen molar-refractivity contribution in [3.8, 4) is 0 Å². The molecular weight excluding hydrogens is 228 g/mol. The van der Waals surface area contributed by atoms with Gasteiger partial charge in [-0.2, -0.15) is 0 Å². The molecule has 0 aliphatic rings. The number of Topliss-reactive ketones (excluding diaryl/α,β-unsaturated/α-hetero) is 1. The lowest BCUT2D eigenvalue weighted by Crippen LogP contribution is -2.22. The number of hydrogen-bond acceptors (Lipinski definition) is 3. The molecule has 1 aromatic carbocycles. The Morgan fingerprint density at radius 3 is 2.83 bits per heavy atom. The summed E-state index contributed by atoms with van der Waals surface area (Å²) >= 11 is 0. The van der Waals surface area contributed by atoms with E-state index in [1.54, 1.807) is 14.0 Å². The summed E-state index contributed by atoms with van der Waals surface area (Å²) in [5.41, 5.74) is 2.01. The number of hydrogen-bond donors (Lipinski definition) is 0. The summed E-state index contributed by atoms with van der Waals surface area (Å²) < 4.78 is 7.12. The maximum absolute atomic E-state index is 11.9. The van der Waals surface area contributed by atoms with Gasteiger partial charge in [0.25, 0.3) is 0 Å². The lowest BCUT2D eigenvalue weighted by molar-refractivity contribution is -0.127. The quantitative estimate of drug-likeness (QED) is 0.812. The average Bonchev–Trinajstić information content (AvgIpc) is 2.74. The molecule has 0 radical (unpaired) electrons. The second-order valence-corrected chi connectivity index (χ2v) is 4.28. The van der Waals surface area contributed by atoms with Crippen molar-refractivity contribution in [3.63, 3.8) is 0 Å². The van der Waals surface area contributed by atoms with Crippen LogP contribution >= 0.6 is 0 Å². The zero-order chi connectivity index (χ0) is 13.1. The molecular formula is C14H18N2O2. The monoisotopic (exact) mass is 246 g/mol. The van der Waals surface area contributed by atoms with Crippen LogP contribution in [0.2, 0.25) is 0 Å². The van der Waals surface area contributed by atoms with Crippen LogP contribution in [-0.2, 0) is 22.5 Å². The van der Waals surface area contributed by atoms with Gasteiger partial charge in [-0.25, -0.2) is 4.98 Å². The molecule has 18 heavy (non-hydrogen) atoms. The molecule has 1 aromatic heterocycles. The van der Waals surface area contributed by atoms with Crippen molar-refractivity contribution in [2.75, 3.05) is 7.11 Å². The van der Waals surface area contributed by atoms with Crippen LogP contribution in [0.4, 0.5) is 0 Å². The minimum atomic E-state index is -0.380. The highest BCUT2D eigenvalue weighted by Crippen LogP contribution is 2.16. The molecule has 4 heteroatoms. The van der Waals surface area contributed by atoms with Gasteiger partial charge >= 0.3 is 0 Å². The topological polar surface area (TPSA) is 44.1 Å². The van der Waals surface area contributed by atoms with E-state index in [0.29, 0.717) is 6.42 Å². The second kappa shape index (κ2) is 5.31. The Bertz CT molecular complexity index is 560. The molecule has 4 nitrogen and oxygen atoms in total. The molecule has 0 spiro atoms. The Morgan fingerprint density at radius 1 is 1.44 bits per heavy atom. The fourth-order valence-electron chi connectivity index (χ4n) is 2.04. The predicted molar refractivity (Wildman–Crippen MR) is 70.6 cm³/mol. The highest BCUT2D eigenvalue weighted by atomic mass is 16.5. The Hall–Kier alpha value is -1.68. The molecule has 0 aliphatic carbocycles. The van der Waals surface area contributed by atoms with Crippen LogP contribution in [0.15, 0.2) is 24.3 Å². The first-order valence-corrected chi connectivity index (χ1v) is 6.17. The van der Waals surface area contributed by atoms with Gasteiger partial charge in [0.1, 0.15) is 11.9 Å². The molecule has 1 heterocycles. The van der Waals surface area contributed by atoms with E-state index >= 15 is 0 Å². The van der Waals surface area contributed by atoms with Crippen LogP contribution in [0.3, 0.4) is 0 Å². The number of ether oxygens (including phenoxy) is 1. The number of nitrogens with zero attached hydrogens (tertiary/aromatic N) is 2. The number of aryl methyl sites for hydroxylation is 1. The van der Waals surface area contributed by atoms with Crippen molar-refractivity contribution in [1.82, 2.24) is 9.55 Å². The smallest absolute Gasteiger partial charge is 0.168 e. The van der Waals surface area contributed by atoms with Gasteiger partial charge in [0.15, 0.2) is 5.78 Å². The van der Waals surface area contributed by atoms with E-state index < -0.39 is 0 Å². The summed E-state index contributed by atoms with van der Waals surface area (Å²) in [7, 11) is 1.55. The lowest BCUT2D eigenvalue weighted by atomic mass is 10.2. The minimum Gasteiger partial charge on any atom is -0.374 e. The first-order chi connectivity index (χ1) is 8.67. The summed E-state index contributed by atoms with van der Waals surface area (Å²) in [4.78, 5) is 16.4. The number of methoxy groups -OCH3 is 1. The van der Waals surface area contributed by atoms with Crippen molar-refractivity contribution < 1.29 is 9.53 Å². The molecule has 1 atom stereocenters. The average molecular weight is 246 g/mol. The number of rotatable bonds is 5. The maximum Gasteiger partial charge on any atom is 0.168 e. The third kappa shape index (κ3) is 2.29. The second-order valence-electron chi connectivity index (χ2n) is 4.28. The predicted octanol–water partition coefficient (Wildman–Crippen LogP) is 2.20. The molecule has 2 rings (SSSR count). The number of fused-ring (bicyclic) bond motifs is 1. The van der Waals surface area contributed by atoms with Crippen molar-refractivity contribution in [2.24, 2.45) is 0 Å². The Balaban J connectivity index is 2.36. The van der Waals surface area contributed by atoms with Gasteiger partial charge in [0.05, 0.1) is 17.5 Å². The molecule has 0 saturated carbocycles. The van der Waals surface area contributed by atoms with Crippen LogP contribution in [0.25, 0.3) is 11.0 Å². The fourth-order valence-corrected chi connectivity index (χ4v) is 2.04. The Kier molecular flexibility index (Phi) is 3.77. The molecule has 0 N–H and O–H groups in total. The standard InChI is InChI=1S/C14H18N2O2/c1-4-16-12-8-6-5-7-11(12)15-14(16)9-13(17)10(2)18-3/h5-8,10H,4,9H2,1-3H3. The summed E-state index contributed by atoms with van der Waals surface area (Å²) in [6.07, 6.45) is -0.0625. The van der Waals surface area contributed by atoms with Crippen LogP contribution in [-0.4, -0.2) is 28.5 Å². The largest absolute Gasteiger partial charge is 0.374 e. The molecule has 2 aromatic rings. The number of imidazole rings is 1. The SMILES string of the molecule is CCn1c(CC(=O)C(C)OC)nc2ccccc21. The number of para-hydroxylation sites is 2. The molecule has 96 valence electrons. The van der Waals surface area contributed by atoms with Crippen LogP contribution in [0.1, 0.15) is 19.7 Å². The first-order valence-electron chi connectivity index (χ1n) is 6.17. The zero-order valence-corrected chi connectivity index (χ0v) is 11.0. The van der Waals surface area contributed by atoms with Crippen molar-refractivity contribution in [1.29, 1.82) is 0 Å². The third-order valence-corrected chi connectivity index (χ3v) is 3.19. The van der Waals surface area contributed by atoms with E-state index in [-0.39, 0.29) is 11.9 Å². The lowest BCUT2D eigenvalue weighted by Gasteiger charge is -2.09. The van der Waals surface area contributed by atoms with E-state index in [1.807, 2.05) is 24.3 Å². The van der Waals surface area contributed by atoms with Crippen molar-refractivity contribution >= 4 is 16.8 Å². The van der Waals surface area contributed by atoms with E-state index in [1.165, 1.54) is 0 Å².